The Labute approximate surface area is 150 Å². The average Bonchev–Trinajstić information content (AvgIpc) is 2.97. The Morgan fingerprint density at radius 1 is 1.24 bits per heavy atom. The number of nitrogens with two attached hydrogens (primary N) is 2. The maximum absolute atomic E-state index is 12.4. The van der Waals surface area contributed by atoms with Crippen LogP contribution in [0.4, 0.5) is 5.00 Å². The summed E-state index contributed by atoms with van der Waals surface area (Å²) in [6, 6.07) is -0.747. The molecule has 8 heteroatoms. The molecule has 2 aliphatic rings. The molecule has 2 aliphatic heterocycles. The molecule has 3 amide bonds. The Morgan fingerprint density at radius 2 is 1.88 bits per heavy atom. The predicted molar refractivity (Wildman–Crippen MR) is 94.4 cm³/mol. The number of carbonyl (C=O) groups is 3. The summed E-state index contributed by atoms with van der Waals surface area (Å²) in [5.41, 5.74) is 11.1. The van der Waals surface area contributed by atoms with Crippen molar-refractivity contribution in [3.05, 3.63) is 16.0 Å². The van der Waals surface area contributed by atoms with Crippen LogP contribution in [-0.4, -0.2) is 29.4 Å². The van der Waals surface area contributed by atoms with Crippen molar-refractivity contribution in [1.29, 1.82) is 0 Å². The largest absolute Gasteiger partial charge is 0.368 e. The minimum absolute atomic E-state index is 0.220. The van der Waals surface area contributed by atoms with Gasteiger partial charge >= 0.3 is 0 Å². The molecule has 3 rings (SSSR count). The highest BCUT2D eigenvalue weighted by Crippen LogP contribution is 2.50. The molecule has 3 heterocycles. The van der Waals surface area contributed by atoms with Crippen LogP contribution >= 0.6 is 11.3 Å². The molecule has 1 aromatic rings. The topological polar surface area (TPSA) is 116 Å². The minimum atomic E-state index is -0.747. The first kappa shape index (κ1) is 17.9. The quantitative estimate of drug-likeness (QED) is 0.842. The van der Waals surface area contributed by atoms with Gasteiger partial charge in [0.2, 0.25) is 11.8 Å². The molecule has 0 spiro atoms. The molecular formula is C17H23N3O4S. The first-order valence-electron chi connectivity index (χ1n) is 8.22. The lowest BCUT2D eigenvalue weighted by atomic mass is 9.86. The van der Waals surface area contributed by atoms with E-state index in [4.69, 9.17) is 16.2 Å². The smallest absolute Gasteiger partial charge is 0.252 e. The van der Waals surface area contributed by atoms with E-state index < -0.39 is 29.1 Å². The zero-order chi connectivity index (χ0) is 18.7. The third kappa shape index (κ3) is 2.83. The van der Waals surface area contributed by atoms with Crippen molar-refractivity contribution in [3.63, 3.8) is 0 Å². The number of thiophene rings is 1. The standard InChI is InChI=1S/C17H23N3O4S/c1-16(2)7-8-11(14(19)23)15(25-12(8)17(3,4)24-16)20-9(13(18)22)5-6-10(20)21/h9H,5-7H2,1-4H3,(H2,18,22)(H2,19,23). The van der Waals surface area contributed by atoms with Gasteiger partial charge in [-0.2, -0.15) is 0 Å². The molecule has 7 nitrogen and oxygen atoms in total. The molecule has 1 unspecified atom stereocenters. The van der Waals surface area contributed by atoms with Gasteiger partial charge < -0.3 is 16.2 Å². The van der Waals surface area contributed by atoms with Gasteiger partial charge in [0.05, 0.1) is 16.8 Å². The SMILES string of the molecule is CC1(C)Cc2c(sc(N3C(=O)CCC3C(N)=O)c2C(N)=O)C(C)(C)O1. The highest BCUT2D eigenvalue weighted by atomic mass is 32.1. The summed E-state index contributed by atoms with van der Waals surface area (Å²) >= 11 is 1.29. The molecule has 0 saturated carbocycles. The first-order chi connectivity index (χ1) is 11.4. The van der Waals surface area contributed by atoms with Gasteiger partial charge in [0, 0.05) is 17.7 Å². The number of hydrogen-bond donors (Lipinski definition) is 2. The monoisotopic (exact) mass is 365 g/mol. The number of rotatable bonds is 3. The number of carbonyl (C=O) groups excluding carboxylic acids is 3. The normalized spacial score (nSPS) is 24.2. The number of fused-ring (bicyclic) bond motifs is 1. The lowest BCUT2D eigenvalue weighted by Gasteiger charge is -2.41. The Balaban J connectivity index is 2.23. The van der Waals surface area contributed by atoms with Crippen LogP contribution in [0.2, 0.25) is 0 Å². The van der Waals surface area contributed by atoms with Crippen LogP contribution in [0.3, 0.4) is 0 Å². The average molecular weight is 365 g/mol. The third-order valence-electron chi connectivity index (χ3n) is 4.67. The lowest BCUT2D eigenvalue weighted by molar-refractivity contribution is -0.135. The molecule has 25 heavy (non-hydrogen) atoms. The summed E-state index contributed by atoms with van der Waals surface area (Å²) < 4.78 is 6.16. The Hall–Kier alpha value is -1.93. The van der Waals surface area contributed by atoms with Gasteiger partial charge in [-0.15, -0.1) is 11.3 Å². The van der Waals surface area contributed by atoms with Crippen molar-refractivity contribution in [1.82, 2.24) is 0 Å². The Kier molecular flexibility index (Phi) is 3.96. The van der Waals surface area contributed by atoms with Crippen LogP contribution in [-0.2, 0) is 26.3 Å². The highest BCUT2D eigenvalue weighted by molar-refractivity contribution is 7.17. The molecule has 1 saturated heterocycles. The van der Waals surface area contributed by atoms with Crippen LogP contribution in [0.1, 0.15) is 61.3 Å². The summed E-state index contributed by atoms with van der Waals surface area (Å²) in [4.78, 5) is 38.7. The molecule has 4 N–H and O–H groups in total. The fourth-order valence-corrected chi connectivity index (χ4v) is 5.37. The maximum Gasteiger partial charge on any atom is 0.252 e. The molecule has 1 fully saturated rings. The van der Waals surface area contributed by atoms with Crippen molar-refractivity contribution >= 4 is 34.1 Å². The zero-order valence-electron chi connectivity index (χ0n) is 14.8. The van der Waals surface area contributed by atoms with Gasteiger partial charge in [-0.25, -0.2) is 0 Å². The van der Waals surface area contributed by atoms with Gasteiger partial charge in [0.15, 0.2) is 0 Å². The molecule has 0 aliphatic carbocycles. The number of hydrogen-bond acceptors (Lipinski definition) is 5. The number of primary amides is 2. The summed E-state index contributed by atoms with van der Waals surface area (Å²) in [6.45, 7) is 7.75. The zero-order valence-corrected chi connectivity index (χ0v) is 15.7. The number of nitrogens with zero attached hydrogens (tertiary/aromatic N) is 1. The first-order valence-corrected chi connectivity index (χ1v) is 9.04. The van der Waals surface area contributed by atoms with E-state index in [0.29, 0.717) is 23.4 Å². The van der Waals surface area contributed by atoms with Gasteiger partial charge in [-0.3, -0.25) is 19.3 Å². The molecular weight excluding hydrogens is 342 g/mol. The van der Waals surface area contributed by atoms with Gasteiger partial charge in [0.25, 0.3) is 5.91 Å². The van der Waals surface area contributed by atoms with Crippen molar-refractivity contribution in [2.75, 3.05) is 4.90 Å². The second kappa shape index (κ2) is 5.54. The van der Waals surface area contributed by atoms with Crippen molar-refractivity contribution < 1.29 is 19.1 Å². The second-order valence-electron chi connectivity index (χ2n) is 7.72. The second-order valence-corrected chi connectivity index (χ2v) is 8.72. The van der Waals surface area contributed by atoms with E-state index in [0.717, 1.165) is 10.4 Å². The van der Waals surface area contributed by atoms with Crippen LogP contribution < -0.4 is 16.4 Å². The highest BCUT2D eigenvalue weighted by Gasteiger charge is 2.46. The van der Waals surface area contributed by atoms with E-state index in [2.05, 4.69) is 0 Å². The molecule has 1 aromatic heterocycles. The van der Waals surface area contributed by atoms with Gasteiger partial charge in [-0.1, -0.05) is 0 Å². The number of ether oxygens (including phenoxy) is 1. The number of amides is 3. The van der Waals surface area contributed by atoms with E-state index in [9.17, 15) is 14.4 Å². The van der Waals surface area contributed by atoms with Crippen LogP contribution in [0.5, 0.6) is 0 Å². The van der Waals surface area contributed by atoms with E-state index in [-0.39, 0.29) is 12.3 Å². The number of anilines is 1. The molecule has 136 valence electrons. The van der Waals surface area contributed by atoms with E-state index in [1.165, 1.54) is 16.2 Å². The van der Waals surface area contributed by atoms with Crippen molar-refractivity contribution in [2.45, 2.75) is 64.2 Å². The molecule has 0 aromatic carbocycles. The van der Waals surface area contributed by atoms with E-state index in [1.54, 1.807) is 0 Å². The molecule has 0 radical (unpaired) electrons. The Bertz CT molecular complexity index is 781. The predicted octanol–water partition coefficient (Wildman–Crippen LogP) is 1.41. The lowest BCUT2D eigenvalue weighted by Crippen LogP contribution is -2.43. The summed E-state index contributed by atoms with van der Waals surface area (Å²) in [6.07, 6.45) is 1.07. The van der Waals surface area contributed by atoms with E-state index >= 15 is 0 Å². The fraction of sp³-hybridized carbons (Fsp3) is 0.588. The minimum Gasteiger partial charge on any atom is -0.368 e. The van der Waals surface area contributed by atoms with Gasteiger partial charge in [0.1, 0.15) is 11.0 Å². The summed E-state index contributed by atoms with van der Waals surface area (Å²) in [5, 5.41) is 0.415. The third-order valence-corrected chi connectivity index (χ3v) is 6.21. The molecule has 0 bridgehead atoms. The van der Waals surface area contributed by atoms with Crippen LogP contribution in [0.15, 0.2) is 0 Å². The van der Waals surface area contributed by atoms with Crippen molar-refractivity contribution in [3.8, 4) is 0 Å². The summed E-state index contributed by atoms with van der Waals surface area (Å²) in [5.74, 6) is -1.41. The van der Waals surface area contributed by atoms with Crippen molar-refractivity contribution in [2.24, 2.45) is 11.5 Å². The van der Waals surface area contributed by atoms with Crippen LogP contribution in [0, 0.1) is 0 Å². The maximum atomic E-state index is 12.4. The van der Waals surface area contributed by atoms with E-state index in [1.807, 2.05) is 27.7 Å². The fourth-order valence-electron chi connectivity index (χ4n) is 3.94. The van der Waals surface area contributed by atoms with Gasteiger partial charge in [-0.05, 0) is 39.7 Å². The summed E-state index contributed by atoms with van der Waals surface area (Å²) in [7, 11) is 0. The molecule has 1 atom stereocenters. The van der Waals surface area contributed by atoms with Crippen LogP contribution in [0.25, 0.3) is 0 Å². The Morgan fingerprint density at radius 3 is 2.44 bits per heavy atom.